The van der Waals surface area contributed by atoms with Crippen LogP contribution in [0.4, 0.5) is 0 Å². The molecule has 1 heterocycles. The lowest BCUT2D eigenvalue weighted by Gasteiger charge is -2.43. The molecule has 1 aliphatic rings. The molecule has 2 rings (SSSR count). The van der Waals surface area contributed by atoms with E-state index in [4.69, 9.17) is 14.2 Å². The lowest BCUT2D eigenvalue weighted by atomic mass is 9.69. The maximum atomic E-state index is 6.09. The van der Waals surface area contributed by atoms with Crippen LogP contribution in [0.1, 0.15) is 72.3 Å². The summed E-state index contributed by atoms with van der Waals surface area (Å²) in [4.78, 5) is 0. The first-order valence-corrected chi connectivity index (χ1v) is 11.5. The molecule has 0 radical (unpaired) electrons. The van der Waals surface area contributed by atoms with E-state index in [0.717, 1.165) is 37.1 Å². The summed E-state index contributed by atoms with van der Waals surface area (Å²) in [6.07, 6.45) is 6.65. The van der Waals surface area contributed by atoms with Crippen LogP contribution in [0, 0.1) is 17.3 Å². The zero-order valence-electron chi connectivity index (χ0n) is 19.6. The molecule has 1 saturated heterocycles. The highest BCUT2D eigenvalue weighted by Gasteiger charge is 2.37. The lowest BCUT2D eigenvalue weighted by molar-refractivity contribution is -0.0761. The second-order valence-corrected chi connectivity index (χ2v) is 9.38. The van der Waals surface area contributed by atoms with Crippen molar-refractivity contribution >= 4 is 0 Å². The number of hydrogen-bond donors (Lipinski definition) is 1. The van der Waals surface area contributed by atoms with Crippen molar-refractivity contribution in [3.8, 4) is 11.5 Å². The molecule has 166 valence electrons. The van der Waals surface area contributed by atoms with Gasteiger partial charge < -0.3 is 19.5 Å². The summed E-state index contributed by atoms with van der Waals surface area (Å²) in [7, 11) is 1.70. The van der Waals surface area contributed by atoms with Crippen LogP contribution in [-0.4, -0.2) is 33.0 Å². The Balaban J connectivity index is 1.92. The van der Waals surface area contributed by atoms with Crippen LogP contribution in [0.3, 0.4) is 0 Å². The summed E-state index contributed by atoms with van der Waals surface area (Å²) in [6.45, 7) is 14.7. The van der Waals surface area contributed by atoms with Gasteiger partial charge in [-0.05, 0) is 74.1 Å². The van der Waals surface area contributed by atoms with E-state index in [1.165, 1.54) is 37.7 Å². The number of hydrogen-bond acceptors (Lipinski definition) is 4. The highest BCUT2D eigenvalue weighted by Crippen LogP contribution is 2.43. The second kappa shape index (κ2) is 11.8. The SMILES string of the molecule is CCOc1ccc(CNCCC2(CCC(C)C)CCOC(C(C)C)C2)cc1OC. The molecule has 29 heavy (non-hydrogen) atoms. The first-order valence-electron chi connectivity index (χ1n) is 11.5. The number of rotatable bonds is 12. The highest BCUT2D eigenvalue weighted by atomic mass is 16.5. The molecule has 2 unspecified atom stereocenters. The van der Waals surface area contributed by atoms with Gasteiger partial charge in [-0.25, -0.2) is 0 Å². The van der Waals surface area contributed by atoms with Gasteiger partial charge in [-0.3, -0.25) is 0 Å². The molecule has 4 heteroatoms. The van der Waals surface area contributed by atoms with E-state index in [9.17, 15) is 0 Å². The Morgan fingerprint density at radius 3 is 2.62 bits per heavy atom. The monoisotopic (exact) mass is 405 g/mol. The Morgan fingerprint density at radius 2 is 1.97 bits per heavy atom. The van der Waals surface area contributed by atoms with Crippen LogP contribution >= 0.6 is 0 Å². The van der Waals surface area contributed by atoms with Gasteiger partial charge in [0.15, 0.2) is 11.5 Å². The number of nitrogens with one attached hydrogen (secondary N) is 1. The molecule has 4 nitrogen and oxygen atoms in total. The summed E-state index contributed by atoms with van der Waals surface area (Å²) in [5.74, 6) is 2.98. The standard InChI is InChI=1S/C25H43NO3/c1-7-28-22-9-8-21(16-23(22)27-6)18-26-14-12-25(11-10-19(2)3)13-15-29-24(17-25)20(4)5/h8-9,16,19-20,24,26H,7,10-15,17-18H2,1-6H3. The third kappa shape index (κ3) is 7.49. The Bertz CT molecular complexity index is 602. The minimum atomic E-state index is 0.409. The van der Waals surface area contributed by atoms with Crippen molar-refractivity contribution in [3.05, 3.63) is 23.8 Å². The van der Waals surface area contributed by atoms with Crippen LogP contribution in [0.25, 0.3) is 0 Å². The third-order valence-electron chi connectivity index (χ3n) is 6.28. The van der Waals surface area contributed by atoms with Crippen LogP contribution in [0.5, 0.6) is 11.5 Å². The van der Waals surface area contributed by atoms with Crippen molar-refractivity contribution in [2.75, 3.05) is 26.9 Å². The van der Waals surface area contributed by atoms with Gasteiger partial charge in [-0.2, -0.15) is 0 Å². The van der Waals surface area contributed by atoms with Gasteiger partial charge in [-0.15, -0.1) is 0 Å². The van der Waals surface area contributed by atoms with Crippen LogP contribution in [-0.2, 0) is 11.3 Å². The van der Waals surface area contributed by atoms with Crippen molar-refractivity contribution < 1.29 is 14.2 Å². The van der Waals surface area contributed by atoms with E-state index in [2.05, 4.69) is 45.1 Å². The molecular formula is C25H43NO3. The normalized spacial score (nSPS) is 22.3. The Morgan fingerprint density at radius 1 is 1.17 bits per heavy atom. The van der Waals surface area contributed by atoms with Crippen molar-refractivity contribution in [2.45, 2.75) is 79.4 Å². The largest absolute Gasteiger partial charge is 0.493 e. The van der Waals surface area contributed by atoms with Crippen LogP contribution in [0.15, 0.2) is 18.2 Å². The van der Waals surface area contributed by atoms with Gasteiger partial charge in [0, 0.05) is 13.2 Å². The van der Waals surface area contributed by atoms with Crippen molar-refractivity contribution in [1.82, 2.24) is 5.32 Å². The van der Waals surface area contributed by atoms with E-state index in [1.807, 2.05) is 13.0 Å². The molecule has 1 N–H and O–H groups in total. The molecule has 1 aromatic rings. The highest BCUT2D eigenvalue weighted by molar-refractivity contribution is 5.42. The van der Waals surface area contributed by atoms with E-state index < -0.39 is 0 Å². The molecule has 1 aliphatic heterocycles. The van der Waals surface area contributed by atoms with Crippen LogP contribution in [0.2, 0.25) is 0 Å². The second-order valence-electron chi connectivity index (χ2n) is 9.38. The maximum Gasteiger partial charge on any atom is 0.161 e. The van der Waals surface area contributed by atoms with Crippen LogP contribution < -0.4 is 14.8 Å². The summed E-state index contributed by atoms with van der Waals surface area (Å²) in [5.41, 5.74) is 1.65. The minimum Gasteiger partial charge on any atom is -0.493 e. The fourth-order valence-electron chi connectivity index (χ4n) is 4.30. The molecule has 2 atom stereocenters. The fraction of sp³-hybridized carbons (Fsp3) is 0.760. The average Bonchev–Trinajstić information content (AvgIpc) is 2.71. The Kier molecular flexibility index (Phi) is 9.78. The molecule has 0 spiro atoms. The van der Waals surface area contributed by atoms with Crippen molar-refractivity contribution in [1.29, 1.82) is 0 Å². The predicted molar refractivity (Wildman–Crippen MR) is 121 cm³/mol. The van der Waals surface area contributed by atoms with Crippen molar-refractivity contribution in [2.24, 2.45) is 17.3 Å². The summed E-state index contributed by atoms with van der Waals surface area (Å²) < 4.78 is 17.2. The molecule has 0 aliphatic carbocycles. The van der Waals surface area contributed by atoms with Gasteiger partial charge in [0.25, 0.3) is 0 Å². The van der Waals surface area contributed by atoms with E-state index in [-0.39, 0.29) is 0 Å². The minimum absolute atomic E-state index is 0.409. The lowest BCUT2D eigenvalue weighted by Crippen LogP contribution is -2.39. The van der Waals surface area contributed by atoms with E-state index in [1.54, 1.807) is 7.11 Å². The van der Waals surface area contributed by atoms with Gasteiger partial charge in [-0.1, -0.05) is 40.2 Å². The molecule has 1 aromatic carbocycles. The molecule has 0 bridgehead atoms. The summed E-state index contributed by atoms with van der Waals surface area (Å²) >= 11 is 0. The maximum absolute atomic E-state index is 6.09. The Hall–Kier alpha value is -1.26. The van der Waals surface area contributed by atoms with E-state index >= 15 is 0 Å². The molecule has 0 saturated carbocycles. The number of ether oxygens (including phenoxy) is 3. The van der Waals surface area contributed by atoms with Gasteiger partial charge >= 0.3 is 0 Å². The summed E-state index contributed by atoms with van der Waals surface area (Å²) in [6, 6.07) is 6.21. The molecule has 0 amide bonds. The number of methoxy groups -OCH3 is 1. The quantitative estimate of drug-likeness (QED) is 0.444. The van der Waals surface area contributed by atoms with Crippen molar-refractivity contribution in [3.63, 3.8) is 0 Å². The van der Waals surface area contributed by atoms with Gasteiger partial charge in [0.05, 0.1) is 19.8 Å². The first-order chi connectivity index (χ1) is 13.9. The molecular weight excluding hydrogens is 362 g/mol. The summed E-state index contributed by atoms with van der Waals surface area (Å²) in [5, 5.41) is 3.67. The molecule has 0 aromatic heterocycles. The van der Waals surface area contributed by atoms with E-state index in [0.29, 0.717) is 24.0 Å². The topological polar surface area (TPSA) is 39.7 Å². The van der Waals surface area contributed by atoms with Gasteiger partial charge in [0.2, 0.25) is 0 Å². The third-order valence-corrected chi connectivity index (χ3v) is 6.28. The smallest absolute Gasteiger partial charge is 0.161 e. The fourth-order valence-corrected chi connectivity index (χ4v) is 4.30. The zero-order chi connectivity index (χ0) is 21.3. The zero-order valence-corrected chi connectivity index (χ0v) is 19.6. The molecule has 1 fully saturated rings. The average molecular weight is 406 g/mol. The van der Waals surface area contributed by atoms with Gasteiger partial charge in [0.1, 0.15) is 0 Å². The first kappa shape index (κ1) is 24.0. The number of benzene rings is 1. The Labute approximate surface area is 178 Å². The predicted octanol–water partition coefficient (Wildman–Crippen LogP) is 5.83.